The lowest BCUT2D eigenvalue weighted by Crippen LogP contribution is -2.33. The normalized spacial score (nSPS) is 21.3. The maximum atomic E-state index is 5.70. The number of anilines is 1. The predicted molar refractivity (Wildman–Crippen MR) is 61.1 cm³/mol. The van der Waals surface area contributed by atoms with Gasteiger partial charge in [-0.1, -0.05) is 11.6 Å². The van der Waals surface area contributed by atoms with E-state index in [-0.39, 0.29) is 0 Å². The van der Waals surface area contributed by atoms with E-state index in [9.17, 15) is 0 Å². The summed E-state index contributed by atoms with van der Waals surface area (Å²) in [5.41, 5.74) is 0. The first-order valence-corrected chi connectivity index (χ1v) is 5.64. The molecule has 2 rings (SSSR count). The summed E-state index contributed by atoms with van der Waals surface area (Å²) in [6.07, 6.45) is 5.74. The highest BCUT2D eigenvalue weighted by atomic mass is 35.5. The molecule has 1 aromatic heterocycles. The zero-order valence-electron chi connectivity index (χ0n) is 8.54. The molecule has 0 saturated carbocycles. The van der Waals surface area contributed by atoms with Crippen LogP contribution in [0.3, 0.4) is 0 Å². The fourth-order valence-electron chi connectivity index (χ4n) is 1.74. The van der Waals surface area contributed by atoms with E-state index in [1.807, 2.05) is 0 Å². The van der Waals surface area contributed by atoms with Gasteiger partial charge in [0.25, 0.3) is 0 Å². The third kappa shape index (κ3) is 3.32. The first-order chi connectivity index (χ1) is 7.34. The standard InChI is InChI=1S/C10H15ClN4/c11-9-6-14-10(15-7-9)13-5-8-2-1-3-12-4-8/h6-8,12H,1-5H2,(H,13,14,15)/t8-/m1/s1. The number of rotatable bonds is 3. The molecule has 15 heavy (non-hydrogen) atoms. The average molecular weight is 227 g/mol. The lowest BCUT2D eigenvalue weighted by molar-refractivity contribution is 0.392. The van der Waals surface area contributed by atoms with E-state index in [0.717, 1.165) is 19.6 Å². The van der Waals surface area contributed by atoms with Crippen molar-refractivity contribution in [2.75, 3.05) is 25.0 Å². The zero-order chi connectivity index (χ0) is 10.5. The molecule has 0 amide bonds. The second-order valence-electron chi connectivity index (χ2n) is 3.82. The maximum absolute atomic E-state index is 5.70. The van der Waals surface area contributed by atoms with Crippen molar-refractivity contribution in [3.63, 3.8) is 0 Å². The molecular weight excluding hydrogens is 212 g/mol. The van der Waals surface area contributed by atoms with Crippen molar-refractivity contribution in [1.82, 2.24) is 15.3 Å². The minimum absolute atomic E-state index is 0.569. The van der Waals surface area contributed by atoms with Gasteiger partial charge in [-0.05, 0) is 31.8 Å². The van der Waals surface area contributed by atoms with Crippen molar-refractivity contribution >= 4 is 17.5 Å². The van der Waals surface area contributed by atoms with Crippen molar-refractivity contribution in [2.24, 2.45) is 5.92 Å². The van der Waals surface area contributed by atoms with Crippen LogP contribution in [0.5, 0.6) is 0 Å². The zero-order valence-corrected chi connectivity index (χ0v) is 9.30. The predicted octanol–water partition coefficient (Wildman–Crippen LogP) is 1.54. The van der Waals surface area contributed by atoms with Gasteiger partial charge in [-0.15, -0.1) is 0 Å². The summed E-state index contributed by atoms with van der Waals surface area (Å²) in [6, 6.07) is 0. The molecule has 5 heteroatoms. The molecule has 0 bridgehead atoms. The summed E-state index contributed by atoms with van der Waals surface area (Å²) < 4.78 is 0. The summed E-state index contributed by atoms with van der Waals surface area (Å²) >= 11 is 5.70. The second-order valence-corrected chi connectivity index (χ2v) is 4.25. The van der Waals surface area contributed by atoms with Gasteiger partial charge in [-0.2, -0.15) is 0 Å². The van der Waals surface area contributed by atoms with Crippen LogP contribution in [0.15, 0.2) is 12.4 Å². The molecule has 1 aliphatic heterocycles. The number of aromatic nitrogens is 2. The number of halogens is 1. The molecule has 2 heterocycles. The van der Waals surface area contributed by atoms with Crippen LogP contribution in [0.25, 0.3) is 0 Å². The van der Waals surface area contributed by atoms with Crippen LogP contribution >= 0.6 is 11.6 Å². The Morgan fingerprint density at radius 3 is 2.93 bits per heavy atom. The highest BCUT2D eigenvalue weighted by molar-refractivity contribution is 6.30. The Hall–Kier alpha value is -0.870. The lowest BCUT2D eigenvalue weighted by atomic mass is 10.00. The van der Waals surface area contributed by atoms with E-state index < -0.39 is 0 Å². The van der Waals surface area contributed by atoms with Crippen LogP contribution in [0.1, 0.15) is 12.8 Å². The molecular formula is C10H15ClN4. The first-order valence-electron chi connectivity index (χ1n) is 5.27. The quantitative estimate of drug-likeness (QED) is 0.821. The van der Waals surface area contributed by atoms with Gasteiger partial charge in [-0.3, -0.25) is 0 Å². The van der Waals surface area contributed by atoms with E-state index in [4.69, 9.17) is 11.6 Å². The molecule has 2 N–H and O–H groups in total. The summed E-state index contributed by atoms with van der Waals surface area (Å²) in [6.45, 7) is 3.16. The van der Waals surface area contributed by atoms with Gasteiger partial charge in [0.1, 0.15) is 0 Å². The Morgan fingerprint density at radius 2 is 2.27 bits per heavy atom. The van der Waals surface area contributed by atoms with Gasteiger partial charge in [0.2, 0.25) is 5.95 Å². The molecule has 4 nitrogen and oxygen atoms in total. The maximum Gasteiger partial charge on any atom is 0.222 e. The molecule has 1 saturated heterocycles. The van der Waals surface area contributed by atoms with Gasteiger partial charge in [0.05, 0.1) is 17.4 Å². The van der Waals surface area contributed by atoms with Gasteiger partial charge in [0.15, 0.2) is 0 Å². The largest absolute Gasteiger partial charge is 0.354 e. The lowest BCUT2D eigenvalue weighted by Gasteiger charge is -2.22. The van der Waals surface area contributed by atoms with E-state index in [0.29, 0.717) is 16.9 Å². The third-order valence-electron chi connectivity index (χ3n) is 2.57. The van der Waals surface area contributed by atoms with Gasteiger partial charge < -0.3 is 10.6 Å². The SMILES string of the molecule is Clc1cnc(NC[C@@H]2CCCNC2)nc1. The Kier molecular flexibility index (Phi) is 3.75. The molecule has 0 aliphatic carbocycles. The summed E-state index contributed by atoms with van der Waals surface area (Å²) in [7, 11) is 0. The number of piperidine rings is 1. The van der Waals surface area contributed by atoms with Crippen LogP contribution in [-0.2, 0) is 0 Å². The monoisotopic (exact) mass is 226 g/mol. The molecule has 0 unspecified atom stereocenters. The van der Waals surface area contributed by atoms with Crippen LogP contribution in [0.4, 0.5) is 5.95 Å². The fourth-order valence-corrected chi connectivity index (χ4v) is 1.84. The second kappa shape index (κ2) is 5.28. The van der Waals surface area contributed by atoms with Crippen LogP contribution in [0, 0.1) is 5.92 Å². The Labute approximate surface area is 94.5 Å². The Balaban J connectivity index is 1.79. The van der Waals surface area contributed by atoms with Gasteiger partial charge in [0, 0.05) is 6.54 Å². The fraction of sp³-hybridized carbons (Fsp3) is 0.600. The third-order valence-corrected chi connectivity index (χ3v) is 2.76. The number of nitrogens with one attached hydrogen (secondary N) is 2. The summed E-state index contributed by atoms with van der Waals surface area (Å²) in [5.74, 6) is 1.34. The van der Waals surface area contributed by atoms with E-state index in [2.05, 4.69) is 20.6 Å². The van der Waals surface area contributed by atoms with Gasteiger partial charge in [-0.25, -0.2) is 9.97 Å². The molecule has 0 aromatic carbocycles. The average Bonchev–Trinajstić information content (AvgIpc) is 2.30. The molecule has 1 fully saturated rings. The van der Waals surface area contributed by atoms with Crippen LogP contribution in [-0.4, -0.2) is 29.6 Å². The molecule has 82 valence electrons. The first kappa shape index (κ1) is 10.6. The van der Waals surface area contributed by atoms with Crippen molar-refractivity contribution in [2.45, 2.75) is 12.8 Å². The van der Waals surface area contributed by atoms with Crippen molar-refractivity contribution in [3.05, 3.63) is 17.4 Å². The molecule has 1 aromatic rings. The Morgan fingerprint density at radius 1 is 1.47 bits per heavy atom. The minimum atomic E-state index is 0.569. The number of nitrogens with zero attached hydrogens (tertiary/aromatic N) is 2. The molecule has 1 atom stereocenters. The molecule has 1 aliphatic rings. The molecule has 0 radical (unpaired) electrons. The minimum Gasteiger partial charge on any atom is -0.354 e. The van der Waals surface area contributed by atoms with Crippen LogP contribution in [0.2, 0.25) is 5.02 Å². The summed E-state index contributed by atoms with van der Waals surface area (Å²) in [5, 5.41) is 7.17. The van der Waals surface area contributed by atoms with Crippen LogP contribution < -0.4 is 10.6 Å². The van der Waals surface area contributed by atoms with E-state index in [1.54, 1.807) is 12.4 Å². The van der Waals surface area contributed by atoms with E-state index in [1.165, 1.54) is 12.8 Å². The van der Waals surface area contributed by atoms with E-state index >= 15 is 0 Å². The topological polar surface area (TPSA) is 49.8 Å². The number of hydrogen-bond donors (Lipinski definition) is 2. The Bertz CT molecular complexity index is 295. The highest BCUT2D eigenvalue weighted by Crippen LogP contribution is 2.11. The van der Waals surface area contributed by atoms with Crippen molar-refractivity contribution in [3.8, 4) is 0 Å². The van der Waals surface area contributed by atoms with Gasteiger partial charge >= 0.3 is 0 Å². The number of hydrogen-bond acceptors (Lipinski definition) is 4. The van der Waals surface area contributed by atoms with Crippen molar-refractivity contribution in [1.29, 1.82) is 0 Å². The smallest absolute Gasteiger partial charge is 0.222 e. The highest BCUT2D eigenvalue weighted by Gasteiger charge is 2.12. The van der Waals surface area contributed by atoms with Crippen molar-refractivity contribution < 1.29 is 0 Å². The molecule has 0 spiro atoms. The summed E-state index contributed by atoms with van der Waals surface area (Å²) in [4.78, 5) is 8.18.